The molecule has 0 bridgehead atoms. The van der Waals surface area contributed by atoms with Crippen molar-refractivity contribution in [3.63, 3.8) is 0 Å². The molecule has 0 atom stereocenters. The molecule has 0 aromatic heterocycles. The van der Waals surface area contributed by atoms with Gasteiger partial charge in [-0.2, -0.15) is 15.8 Å². The number of amides is 1. The molecule has 25 heavy (non-hydrogen) atoms. The van der Waals surface area contributed by atoms with E-state index in [2.05, 4.69) is 15.1 Å². The highest BCUT2D eigenvalue weighted by molar-refractivity contribution is 5.95. The Morgan fingerprint density at radius 3 is 2.28 bits per heavy atom. The van der Waals surface area contributed by atoms with Crippen LogP contribution in [-0.2, 0) is 0 Å². The standard InChI is InChI=1S/C17H17N7O/c1-23-4-6-24(7-5-23)16-3-2-12(17(21)25)8-14(16)22-15(11-20)13(9-18)10-19/h2-3,8,22H,4-7H2,1H3,(H2,21,25). The first-order chi connectivity index (χ1) is 12.0. The van der Waals surface area contributed by atoms with E-state index in [9.17, 15) is 10.1 Å². The summed E-state index contributed by atoms with van der Waals surface area (Å²) in [6.07, 6.45) is 0. The van der Waals surface area contributed by atoms with Gasteiger partial charge in [-0.25, -0.2) is 0 Å². The van der Waals surface area contributed by atoms with E-state index in [1.807, 2.05) is 13.1 Å². The number of benzene rings is 1. The molecule has 1 aromatic carbocycles. The van der Waals surface area contributed by atoms with Crippen molar-refractivity contribution in [2.75, 3.05) is 43.4 Å². The summed E-state index contributed by atoms with van der Waals surface area (Å²) in [5.41, 5.74) is 6.36. The maximum Gasteiger partial charge on any atom is 0.248 e. The summed E-state index contributed by atoms with van der Waals surface area (Å²) < 4.78 is 0. The van der Waals surface area contributed by atoms with Crippen molar-refractivity contribution < 1.29 is 4.79 Å². The molecular weight excluding hydrogens is 318 g/mol. The first-order valence-electron chi connectivity index (χ1n) is 7.59. The molecule has 8 heteroatoms. The predicted molar refractivity (Wildman–Crippen MR) is 92.2 cm³/mol. The van der Waals surface area contributed by atoms with Crippen molar-refractivity contribution in [1.82, 2.24) is 4.90 Å². The Hall–Kier alpha value is -3.54. The Bertz CT molecular complexity index is 814. The van der Waals surface area contributed by atoms with Crippen molar-refractivity contribution in [3.05, 3.63) is 35.0 Å². The second kappa shape index (κ2) is 7.83. The van der Waals surface area contributed by atoms with Crippen molar-refractivity contribution in [3.8, 4) is 18.2 Å². The largest absolute Gasteiger partial charge is 0.367 e. The highest BCUT2D eigenvalue weighted by Gasteiger charge is 2.19. The van der Waals surface area contributed by atoms with Gasteiger partial charge in [-0.1, -0.05) is 0 Å². The van der Waals surface area contributed by atoms with Gasteiger partial charge in [0.1, 0.15) is 23.9 Å². The van der Waals surface area contributed by atoms with Crippen molar-refractivity contribution in [2.45, 2.75) is 0 Å². The zero-order chi connectivity index (χ0) is 18.4. The van der Waals surface area contributed by atoms with Gasteiger partial charge >= 0.3 is 0 Å². The third-order valence-corrected chi connectivity index (χ3v) is 3.97. The van der Waals surface area contributed by atoms with Gasteiger partial charge in [0.15, 0.2) is 5.57 Å². The number of likely N-dealkylation sites (N-methyl/N-ethyl adjacent to an activating group) is 1. The number of carbonyl (C=O) groups is 1. The molecule has 0 radical (unpaired) electrons. The van der Waals surface area contributed by atoms with Gasteiger partial charge in [-0.05, 0) is 25.2 Å². The third-order valence-electron chi connectivity index (χ3n) is 3.97. The fourth-order valence-electron chi connectivity index (χ4n) is 2.53. The van der Waals surface area contributed by atoms with Crippen molar-refractivity contribution in [1.29, 1.82) is 15.8 Å². The molecule has 126 valence electrons. The summed E-state index contributed by atoms with van der Waals surface area (Å²) in [7, 11) is 2.04. The maximum atomic E-state index is 11.5. The number of nitrogens with zero attached hydrogens (tertiary/aromatic N) is 5. The summed E-state index contributed by atoms with van der Waals surface area (Å²) >= 11 is 0. The molecule has 2 rings (SSSR count). The van der Waals surface area contributed by atoms with Crippen molar-refractivity contribution in [2.24, 2.45) is 5.73 Å². The molecule has 1 aliphatic rings. The van der Waals surface area contributed by atoms with Gasteiger partial charge in [0, 0.05) is 31.7 Å². The lowest BCUT2D eigenvalue weighted by Crippen LogP contribution is -2.44. The molecule has 1 aliphatic heterocycles. The van der Waals surface area contributed by atoms with Crippen LogP contribution in [0.5, 0.6) is 0 Å². The number of primary amides is 1. The van der Waals surface area contributed by atoms with Crippen LogP contribution in [0.1, 0.15) is 10.4 Å². The monoisotopic (exact) mass is 335 g/mol. The fraction of sp³-hybridized carbons (Fsp3) is 0.294. The lowest BCUT2D eigenvalue weighted by molar-refractivity contribution is 0.100. The minimum Gasteiger partial charge on any atom is -0.367 e. The minimum absolute atomic E-state index is 0.165. The molecule has 1 fully saturated rings. The predicted octanol–water partition coefficient (Wildman–Crippen LogP) is 0.774. The molecule has 3 N–H and O–H groups in total. The molecule has 0 unspecified atom stereocenters. The second-order valence-corrected chi connectivity index (χ2v) is 5.60. The maximum absolute atomic E-state index is 11.5. The first kappa shape index (κ1) is 17.8. The normalized spacial score (nSPS) is 13.9. The van der Waals surface area contributed by atoms with Gasteiger partial charge < -0.3 is 20.9 Å². The number of rotatable bonds is 4. The number of allylic oxidation sites excluding steroid dienone is 2. The van der Waals surface area contributed by atoms with E-state index in [4.69, 9.17) is 16.3 Å². The molecule has 0 aliphatic carbocycles. The van der Waals surface area contributed by atoms with Gasteiger partial charge in [0.2, 0.25) is 5.91 Å². The molecule has 1 saturated heterocycles. The summed E-state index contributed by atoms with van der Waals surface area (Å²) in [6.45, 7) is 3.30. The average molecular weight is 335 g/mol. The molecule has 1 heterocycles. The number of nitriles is 3. The highest BCUT2D eigenvalue weighted by atomic mass is 16.1. The first-order valence-corrected chi connectivity index (χ1v) is 7.59. The molecule has 8 nitrogen and oxygen atoms in total. The topological polar surface area (TPSA) is 133 Å². The van der Waals surface area contributed by atoms with Gasteiger partial charge in [0.25, 0.3) is 0 Å². The average Bonchev–Trinajstić information content (AvgIpc) is 2.62. The minimum atomic E-state index is -0.601. The van der Waals surface area contributed by atoms with E-state index >= 15 is 0 Å². The molecule has 0 saturated carbocycles. The van der Waals surface area contributed by atoms with Crippen LogP contribution in [0.25, 0.3) is 0 Å². The van der Waals surface area contributed by atoms with E-state index in [1.165, 1.54) is 6.07 Å². The van der Waals surface area contributed by atoms with Crippen LogP contribution in [0.4, 0.5) is 11.4 Å². The molecular formula is C17H17N7O. The van der Waals surface area contributed by atoms with Crippen LogP contribution in [0.3, 0.4) is 0 Å². The zero-order valence-electron chi connectivity index (χ0n) is 13.8. The number of hydrogen-bond donors (Lipinski definition) is 2. The zero-order valence-corrected chi connectivity index (χ0v) is 13.8. The third kappa shape index (κ3) is 4.06. The Labute approximate surface area is 145 Å². The summed E-state index contributed by atoms with van der Waals surface area (Å²) in [5.74, 6) is -0.601. The van der Waals surface area contributed by atoms with E-state index in [-0.39, 0.29) is 16.8 Å². The number of piperazine rings is 1. The van der Waals surface area contributed by atoms with E-state index in [0.29, 0.717) is 5.69 Å². The number of nitrogens with two attached hydrogens (primary N) is 1. The fourth-order valence-corrected chi connectivity index (χ4v) is 2.53. The summed E-state index contributed by atoms with van der Waals surface area (Å²) in [6, 6.07) is 10.1. The highest BCUT2D eigenvalue weighted by Crippen LogP contribution is 2.29. The second-order valence-electron chi connectivity index (χ2n) is 5.60. The van der Waals surface area contributed by atoms with Gasteiger partial charge in [0.05, 0.1) is 11.4 Å². The quantitative estimate of drug-likeness (QED) is 0.776. The van der Waals surface area contributed by atoms with Crippen LogP contribution < -0.4 is 16.0 Å². The lowest BCUT2D eigenvalue weighted by Gasteiger charge is -2.35. The Balaban J connectivity index is 2.46. The van der Waals surface area contributed by atoms with Gasteiger partial charge in [-0.15, -0.1) is 0 Å². The van der Waals surface area contributed by atoms with E-state index in [0.717, 1.165) is 31.9 Å². The van der Waals surface area contributed by atoms with E-state index in [1.54, 1.807) is 24.3 Å². The van der Waals surface area contributed by atoms with Crippen LogP contribution in [0, 0.1) is 34.0 Å². The van der Waals surface area contributed by atoms with E-state index < -0.39 is 5.91 Å². The molecule has 1 aromatic rings. The number of anilines is 2. The molecule has 1 amide bonds. The van der Waals surface area contributed by atoms with Crippen LogP contribution in [0.2, 0.25) is 0 Å². The SMILES string of the molecule is CN1CCN(c2ccc(C(N)=O)cc2NC(C#N)=C(C#N)C#N)CC1. The smallest absolute Gasteiger partial charge is 0.248 e. The Kier molecular flexibility index (Phi) is 5.58. The Morgan fingerprint density at radius 2 is 1.76 bits per heavy atom. The summed E-state index contributed by atoms with van der Waals surface area (Å²) in [4.78, 5) is 15.8. The van der Waals surface area contributed by atoms with Gasteiger partial charge in [-0.3, -0.25) is 4.79 Å². The Morgan fingerprint density at radius 1 is 1.12 bits per heavy atom. The lowest BCUT2D eigenvalue weighted by atomic mass is 10.1. The summed E-state index contributed by atoms with van der Waals surface area (Å²) in [5, 5.41) is 30.0. The van der Waals surface area contributed by atoms with Crippen molar-refractivity contribution >= 4 is 17.3 Å². The number of carbonyl (C=O) groups excluding carboxylic acids is 1. The van der Waals surface area contributed by atoms with Crippen LogP contribution in [-0.4, -0.2) is 44.0 Å². The van der Waals surface area contributed by atoms with Crippen LogP contribution in [0.15, 0.2) is 29.5 Å². The number of hydrogen-bond acceptors (Lipinski definition) is 7. The molecule has 0 spiro atoms. The number of nitrogens with one attached hydrogen (secondary N) is 1. The van der Waals surface area contributed by atoms with Crippen LogP contribution >= 0.6 is 0 Å².